The fraction of sp³-hybridized carbons (Fsp3) is 1.00. The van der Waals surface area contributed by atoms with E-state index >= 15 is 0 Å². The summed E-state index contributed by atoms with van der Waals surface area (Å²) < 4.78 is 26.3. The number of rotatable bonds is 4. The normalized spacial score (nSPS) is 27.2. The Morgan fingerprint density at radius 3 is 2.38 bits per heavy atom. The first-order chi connectivity index (χ1) is 7.18. The standard InChI is InChI=1S/C11H22BrNO2S/c1-11(2,3)8-16(14,15)13-7-9-4-5-10(12)6-9/h9-10,13H,4-8H2,1-3H3. The summed E-state index contributed by atoms with van der Waals surface area (Å²) in [7, 11) is -3.11. The van der Waals surface area contributed by atoms with Gasteiger partial charge in [0.15, 0.2) is 0 Å². The Labute approximate surface area is 108 Å². The smallest absolute Gasteiger partial charge is 0.212 e. The van der Waals surface area contributed by atoms with Crippen molar-refractivity contribution in [2.45, 2.75) is 44.9 Å². The summed E-state index contributed by atoms with van der Waals surface area (Å²) in [5.74, 6) is 0.698. The van der Waals surface area contributed by atoms with Crippen molar-refractivity contribution in [1.29, 1.82) is 0 Å². The number of hydrogen-bond acceptors (Lipinski definition) is 2. The molecule has 2 unspecified atom stereocenters. The third-order valence-electron chi connectivity index (χ3n) is 2.69. The van der Waals surface area contributed by atoms with Crippen molar-refractivity contribution < 1.29 is 8.42 Å². The van der Waals surface area contributed by atoms with E-state index < -0.39 is 10.0 Å². The predicted octanol–water partition coefficient (Wildman–Crippen LogP) is 2.52. The van der Waals surface area contributed by atoms with Crippen LogP contribution in [0.25, 0.3) is 0 Å². The Bertz CT molecular complexity index is 321. The van der Waals surface area contributed by atoms with Crippen LogP contribution in [0.2, 0.25) is 0 Å². The Hall–Kier alpha value is 0.390. The second kappa shape index (κ2) is 5.36. The zero-order valence-corrected chi connectivity index (χ0v) is 12.7. The molecule has 0 saturated heterocycles. The van der Waals surface area contributed by atoms with Gasteiger partial charge in [0.05, 0.1) is 5.75 Å². The van der Waals surface area contributed by atoms with Crippen LogP contribution in [0, 0.1) is 11.3 Å². The second-order valence-electron chi connectivity index (χ2n) is 5.94. The Morgan fingerprint density at radius 2 is 1.94 bits per heavy atom. The van der Waals surface area contributed by atoms with E-state index in [2.05, 4.69) is 20.7 Å². The first kappa shape index (κ1) is 14.5. The summed E-state index contributed by atoms with van der Waals surface area (Å²) in [5, 5.41) is 0. The fourth-order valence-electron chi connectivity index (χ4n) is 2.07. The minimum atomic E-state index is -3.11. The second-order valence-corrected chi connectivity index (χ2v) is 9.05. The van der Waals surface area contributed by atoms with Crippen LogP contribution in [0.5, 0.6) is 0 Å². The maximum Gasteiger partial charge on any atom is 0.212 e. The maximum atomic E-state index is 11.8. The monoisotopic (exact) mass is 311 g/mol. The SMILES string of the molecule is CC(C)(C)CS(=O)(=O)NCC1CCC(Br)C1. The largest absolute Gasteiger partial charge is 0.215 e. The molecule has 1 N–H and O–H groups in total. The lowest BCUT2D eigenvalue weighted by Crippen LogP contribution is -2.35. The number of nitrogens with one attached hydrogen (secondary N) is 1. The number of alkyl halides is 1. The van der Waals surface area contributed by atoms with Crippen molar-refractivity contribution in [3.8, 4) is 0 Å². The van der Waals surface area contributed by atoms with Gasteiger partial charge in [0.1, 0.15) is 0 Å². The van der Waals surface area contributed by atoms with E-state index in [0.717, 1.165) is 19.3 Å². The molecule has 16 heavy (non-hydrogen) atoms. The van der Waals surface area contributed by atoms with Gasteiger partial charge < -0.3 is 0 Å². The van der Waals surface area contributed by atoms with E-state index in [0.29, 0.717) is 17.3 Å². The van der Waals surface area contributed by atoms with Crippen molar-refractivity contribution in [3.05, 3.63) is 0 Å². The van der Waals surface area contributed by atoms with Crippen LogP contribution in [0.3, 0.4) is 0 Å². The highest BCUT2D eigenvalue weighted by Crippen LogP contribution is 2.30. The summed E-state index contributed by atoms with van der Waals surface area (Å²) in [6, 6.07) is 0. The highest BCUT2D eigenvalue weighted by atomic mass is 79.9. The predicted molar refractivity (Wildman–Crippen MR) is 71.3 cm³/mol. The van der Waals surface area contributed by atoms with Crippen LogP contribution in [-0.2, 0) is 10.0 Å². The molecule has 1 rings (SSSR count). The Morgan fingerprint density at radius 1 is 1.31 bits per heavy atom. The molecule has 0 heterocycles. The van der Waals surface area contributed by atoms with E-state index in [1.54, 1.807) is 0 Å². The molecule has 1 fully saturated rings. The molecule has 0 amide bonds. The topological polar surface area (TPSA) is 46.2 Å². The maximum absolute atomic E-state index is 11.8. The van der Waals surface area contributed by atoms with E-state index in [-0.39, 0.29) is 11.2 Å². The van der Waals surface area contributed by atoms with Gasteiger partial charge in [-0.2, -0.15) is 0 Å². The molecule has 1 aliphatic carbocycles. The first-order valence-corrected chi connectivity index (χ1v) is 8.36. The molecule has 0 aliphatic heterocycles. The molecule has 0 aromatic heterocycles. The van der Waals surface area contributed by atoms with Gasteiger partial charge in [0, 0.05) is 11.4 Å². The van der Waals surface area contributed by atoms with Crippen LogP contribution in [0.15, 0.2) is 0 Å². The number of sulfonamides is 1. The molecule has 0 bridgehead atoms. The summed E-state index contributed by atoms with van der Waals surface area (Å²) in [6.45, 7) is 6.42. The number of hydrogen-bond donors (Lipinski definition) is 1. The third kappa shape index (κ3) is 5.64. The molecule has 5 heteroatoms. The van der Waals surface area contributed by atoms with Crippen molar-refractivity contribution in [1.82, 2.24) is 4.72 Å². The lowest BCUT2D eigenvalue weighted by Gasteiger charge is -2.19. The average molecular weight is 312 g/mol. The van der Waals surface area contributed by atoms with Gasteiger partial charge in [-0.05, 0) is 30.6 Å². The molecular weight excluding hydrogens is 290 g/mol. The molecule has 0 spiro atoms. The first-order valence-electron chi connectivity index (χ1n) is 5.79. The van der Waals surface area contributed by atoms with E-state index in [9.17, 15) is 8.42 Å². The number of halogens is 1. The van der Waals surface area contributed by atoms with Crippen LogP contribution in [0.4, 0.5) is 0 Å². The molecule has 0 aromatic rings. The molecule has 96 valence electrons. The van der Waals surface area contributed by atoms with E-state index in [4.69, 9.17) is 0 Å². The highest BCUT2D eigenvalue weighted by Gasteiger charge is 2.26. The molecule has 2 atom stereocenters. The lowest BCUT2D eigenvalue weighted by molar-refractivity contribution is 0.453. The molecular formula is C11H22BrNO2S. The van der Waals surface area contributed by atoms with Crippen molar-refractivity contribution in [3.63, 3.8) is 0 Å². The van der Waals surface area contributed by atoms with Gasteiger partial charge in [-0.1, -0.05) is 36.7 Å². The summed E-state index contributed by atoms with van der Waals surface area (Å²) in [5.41, 5.74) is -0.181. The summed E-state index contributed by atoms with van der Waals surface area (Å²) in [6.07, 6.45) is 3.36. The molecule has 3 nitrogen and oxygen atoms in total. The molecule has 0 aromatic carbocycles. The lowest BCUT2D eigenvalue weighted by atomic mass is 10.0. The zero-order chi connectivity index (χ0) is 12.4. The van der Waals surface area contributed by atoms with Gasteiger partial charge in [-0.15, -0.1) is 0 Å². The van der Waals surface area contributed by atoms with Gasteiger partial charge in [0.25, 0.3) is 0 Å². The van der Waals surface area contributed by atoms with Crippen LogP contribution in [-0.4, -0.2) is 25.5 Å². The molecule has 0 radical (unpaired) electrons. The quantitative estimate of drug-likeness (QED) is 0.811. The van der Waals surface area contributed by atoms with Crippen molar-refractivity contribution in [2.24, 2.45) is 11.3 Å². The van der Waals surface area contributed by atoms with Crippen molar-refractivity contribution in [2.75, 3.05) is 12.3 Å². The zero-order valence-electron chi connectivity index (χ0n) is 10.3. The van der Waals surface area contributed by atoms with Gasteiger partial charge in [0.2, 0.25) is 10.0 Å². The van der Waals surface area contributed by atoms with Crippen LogP contribution < -0.4 is 4.72 Å². The van der Waals surface area contributed by atoms with Crippen LogP contribution >= 0.6 is 15.9 Å². The van der Waals surface area contributed by atoms with Crippen molar-refractivity contribution >= 4 is 26.0 Å². The van der Waals surface area contributed by atoms with Gasteiger partial charge in [-0.3, -0.25) is 0 Å². The Kier molecular flexibility index (Phi) is 4.84. The van der Waals surface area contributed by atoms with Crippen LogP contribution in [0.1, 0.15) is 40.0 Å². The minimum absolute atomic E-state index is 0.181. The van der Waals surface area contributed by atoms with Gasteiger partial charge >= 0.3 is 0 Å². The molecule has 1 aliphatic rings. The van der Waals surface area contributed by atoms with Gasteiger partial charge in [-0.25, -0.2) is 13.1 Å². The fourth-order valence-corrected chi connectivity index (χ4v) is 4.59. The minimum Gasteiger partial charge on any atom is -0.215 e. The summed E-state index contributed by atoms with van der Waals surface area (Å²) in [4.78, 5) is 0.574. The average Bonchev–Trinajstić information content (AvgIpc) is 2.44. The highest BCUT2D eigenvalue weighted by molar-refractivity contribution is 9.09. The Balaban J connectivity index is 2.37. The van der Waals surface area contributed by atoms with E-state index in [1.165, 1.54) is 0 Å². The van der Waals surface area contributed by atoms with E-state index in [1.807, 2.05) is 20.8 Å². The summed E-state index contributed by atoms with van der Waals surface area (Å²) >= 11 is 3.57. The third-order valence-corrected chi connectivity index (χ3v) is 5.38. The molecule has 1 saturated carbocycles.